The maximum atomic E-state index is 13.3. The summed E-state index contributed by atoms with van der Waals surface area (Å²) in [5.74, 6) is -0.677. The van der Waals surface area contributed by atoms with Crippen molar-refractivity contribution in [3.8, 4) is 11.1 Å². The summed E-state index contributed by atoms with van der Waals surface area (Å²) in [4.78, 5) is 33.5. The first-order valence-electron chi connectivity index (χ1n) is 11.2. The number of anilines is 1. The summed E-state index contributed by atoms with van der Waals surface area (Å²) < 4.78 is 5.40. The van der Waals surface area contributed by atoms with Gasteiger partial charge in [0.1, 0.15) is 10.6 Å². The van der Waals surface area contributed by atoms with Crippen LogP contribution in [-0.4, -0.2) is 49.5 Å². The molecule has 0 unspecified atom stereocenters. The number of hydrogen-bond donors (Lipinski definition) is 0. The first kappa shape index (κ1) is 24.1. The fourth-order valence-electron chi connectivity index (χ4n) is 3.64. The molecule has 0 spiro atoms. The molecule has 35 heavy (non-hydrogen) atoms. The first-order valence-corrected chi connectivity index (χ1v) is 12.0. The van der Waals surface area contributed by atoms with E-state index < -0.39 is 5.97 Å². The third-order valence-electron chi connectivity index (χ3n) is 5.20. The quantitative estimate of drug-likeness (QED) is 0.188. The minimum absolute atomic E-state index is 0.225. The molecule has 1 aromatic heterocycles. The number of amides is 1. The number of rotatable bonds is 7. The molecule has 4 rings (SSSR count). The lowest BCUT2D eigenvalue weighted by Crippen LogP contribution is -2.21. The highest BCUT2D eigenvalue weighted by Gasteiger charge is 2.31. The second-order valence-electron chi connectivity index (χ2n) is 8.01. The molecule has 1 amide bonds. The number of nitrogens with zero attached hydrogens (tertiary/aromatic N) is 4. The van der Waals surface area contributed by atoms with Crippen molar-refractivity contribution in [3.05, 3.63) is 76.7 Å². The van der Waals surface area contributed by atoms with Crippen molar-refractivity contribution in [2.45, 2.75) is 13.8 Å². The Bertz CT molecular complexity index is 1330. The Kier molecular flexibility index (Phi) is 7.22. The topological polar surface area (TPSA) is 74.6 Å². The molecular formula is C27H26N4O3S. The number of carbonyl (C=O) groups excluding carboxylic acids is 2. The number of hydrogen-bond acceptors (Lipinski definition) is 6. The summed E-state index contributed by atoms with van der Waals surface area (Å²) >= 11 is 1.34. The summed E-state index contributed by atoms with van der Waals surface area (Å²) in [6.07, 6.45) is 3.44. The normalized spacial score (nSPS) is 14.6. The molecule has 2 heterocycles. The standard InChI is InChI=1S/C27H26N4O3S/c1-5-34-27(33)24-23(19-12-8-6-9-13-19)22(35-25(24)28-17-30(3)4)16-21-18(2)29-31(26(21)32)20-14-10-7-11-15-20/h6-17H,5H2,1-4H3. The van der Waals surface area contributed by atoms with Gasteiger partial charge in [0.15, 0.2) is 0 Å². The van der Waals surface area contributed by atoms with Gasteiger partial charge in [-0.3, -0.25) is 4.79 Å². The number of para-hydroxylation sites is 1. The lowest BCUT2D eigenvalue weighted by atomic mass is 9.99. The summed E-state index contributed by atoms with van der Waals surface area (Å²) in [7, 11) is 3.72. The number of hydrazone groups is 1. The van der Waals surface area contributed by atoms with Gasteiger partial charge in [0.2, 0.25) is 0 Å². The molecule has 0 radical (unpaired) electrons. The monoisotopic (exact) mass is 486 g/mol. The smallest absolute Gasteiger partial charge is 0.341 e. The minimum Gasteiger partial charge on any atom is -0.462 e. The zero-order valence-electron chi connectivity index (χ0n) is 20.1. The van der Waals surface area contributed by atoms with Crippen LogP contribution in [0.3, 0.4) is 0 Å². The van der Waals surface area contributed by atoms with Crippen LogP contribution in [0.4, 0.5) is 10.7 Å². The van der Waals surface area contributed by atoms with Crippen molar-refractivity contribution in [2.75, 3.05) is 25.7 Å². The van der Waals surface area contributed by atoms with E-state index in [9.17, 15) is 9.59 Å². The molecule has 0 saturated heterocycles. The van der Waals surface area contributed by atoms with Crippen LogP contribution in [0.5, 0.6) is 0 Å². The van der Waals surface area contributed by atoms with Crippen molar-refractivity contribution in [1.82, 2.24) is 4.90 Å². The van der Waals surface area contributed by atoms with Crippen molar-refractivity contribution in [1.29, 1.82) is 0 Å². The fourth-order valence-corrected chi connectivity index (χ4v) is 4.73. The average molecular weight is 487 g/mol. The number of aliphatic imine (C=N–C) groups is 1. The van der Waals surface area contributed by atoms with Gasteiger partial charge < -0.3 is 9.64 Å². The van der Waals surface area contributed by atoms with E-state index in [4.69, 9.17) is 4.74 Å². The zero-order chi connectivity index (χ0) is 24.9. The number of ether oxygens (including phenoxy) is 1. The molecule has 0 aliphatic carbocycles. The van der Waals surface area contributed by atoms with Crippen molar-refractivity contribution >= 4 is 52.0 Å². The van der Waals surface area contributed by atoms with Crippen LogP contribution in [0.25, 0.3) is 17.2 Å². The summed E-state index contributed by atoms with van der Waals surface area (Å²) in [5.41, 5.74) is 3.66. The Labute approximate surface area is 208 Å². The predicted molar refractivity (Wildman–Crippen MR) is 143 cm³/mol. The molecule has 2 aromatic carbocycles. The Morgan fingerprint density at radius 1 is 1.11 bits per heavy atom. The maximum Gasteiger partial charge on any atom is 0.341 e. The molecular weight excluding hydrogens is 460 g/mol. The van der Waals surface area contributed by atoms with Gasteiger partial charge in [-0.25, -0.2) is 9.79 Å². The highest BCUT2D eigenvalue weighted by atomic mass is 32.1. The molecule has 3 aromatic rings. The molecule has 0 bridgehead atoms. The third kappa shape index (κ3) is 5.07. The van der Waals surface area contributed by atoms with Gasteiger partial charge in [0.05, 0.1) is 29.9 Å². The second kappa shape index (κ2) is 10.5. The van der Waals surface area contributed by atoms with Gasteiger partial charge in [-0.1, -0.05) is 48.5 Å². The summed E-state index contributed by atoms with van der Waals surface area (Å²) in [5, 5.41) is 6.40. The van der Waals surface area contributed by atoms with E-state index in [1.807, 2.05) is 74.8 Å². The highest BCUT2D eigenvalue weighted by Crippen LogP contribution is 2.44. The van der Waals surface area contributed by atoms with Gasteiger partial charge >= 0.3 is 5.97 Å². The van der Waals surface area contributed by atoms with E-state index in [0.29, 0.717) is 33.1 Å². The highest BCUT2D eigenvalue weighted by molar-refractivity contribution is 7.17. The molecule has 0 atom stereocenters. The summed E-state index contributed by atoms with van der Waals surface area (Å²) in [6, 6.07) is 18.9. The van der Waals surface area contributed by atoms with Gasteiger partial charge in [0, 0.05) is 24.5 Å². The number of carbonyl (C=O) groups is 2. The van der Waals surface area contributed by atoms with E-state index >= 15 is 0 Å². The third-order valence-corrected chi connectivity index (χ3v) is 6.25. The molecule has 0 saturated carbocycles. The zero-order valence-corrected chi connectivity index (χ0v) is 20.9. The Hall–Kier alpha value is -4.04. The molecule has 7 nitrogen and oxygen atoms in total. The fraction of sp³-hybridized carbons (Fsp3) is 0.185. The molecule has 1 aliphatic rings. The molecule has 0 N–H and O–H groups in total. The van der Waals surface area contributed by atoms with E-state index in [-0.39, 0.29) is 12.5 Å². The van der Waals surface area contributed by atoms with Crippen LogP contribution in [-0.2, 0) is 9.53 Å². The van der Waals surface area contributed by atoms with Crippen LogP contribution in [0.15, 0.2) is 76.3 Å². The Balaban J connectivity index is 1.89. The SMILES string of the molecule is CCOC(=O)c1c(N=CN(C)C)sc(C=C2C(=O)N(c3ccccc3)N=C2C)c1-c1ccccc1. The largest absolute Gasteiger partial charge is 0.462 e. The van der Waals surface area contributed by atoms with Crippen molar-refractivity contribution < 1.29 is 14.3 Å². The Morgan fingerprint density at radius 3 is 2.40 bits per heavy atom. The van der Waals surface area contributed by atoms with Crippen molar-refractivity contribution in [3.63, 3.8) is 0 Å². The number of thiophene rings is 1. The lowest BCUT2D eigenvalue weighted by molar-refractivity contribution is -0.114. The molecule has 0 fully saturated rings. The van der Waals surface area contributed by atoms with Crippen LogP contribution < -0.4 is 5.01 Å². The number of benzene rings is 2. The van der Waals surface area contributed by atoms with Crippen LogP contribution >= 0.6 is 11.3 Å². The first-order chi connectivity index (χ1) is 16.9. The minimum atomic E-state index is -0.452. The van der Waals surface area contributed by atoms with Gasteiger partial charge in [-0.15, -0.1) is 11.3 Å². The Morgan fingerprint density at radius 2 is 1.77 bits per heavy atom. The van der Waals surface area contributed by atoms with Gasteiger partial charge in [-0.2, -0.15) is 10.1 Å². The van der Waals surface area contributed by atoms with Gasteiger partial charge in [-0.05, 0) is 37.6 Å². The van der Waals surface area contributed by atoms with Crippen molar-refractivity contribution in [2.24, 2.45) is 10.1 Å². The van der Waals surface area contributed by atoms with Crippen LogP contribution in [0, 0.1) is 0 Å². The molecule has 8 heteroatoms. The second-order valence-corrected chi connectivity index (χ2v) is 9.04. The van der Waals surface area contributed by atoms with E-state index in [1.54, 1.807) is 31.2 Å². The average Bonchev–Trinajstić information content (AvgIpc) is 3.36. The van der Waals surface area contributed by atoms with Crippen LogP contribution in [0.1, 0.15) is 29.1 Å². The van der Waals surface area contributed by atoms with E-state index in [1.165, 1.54) is 16.3 Å². The van der Waals surface area contributed by atoms with E-state index in [2.05, 4.69) is 10.1 Å². The maximum absolute atomic E-state index is 13.3. The van der Waals surface area contributed by atoms with Gasteiger partial charge in [0.25, 0.3) is 5.91 Å². The summed E-state index contributed by atoms with van der Waals surface area (Å²) in [6.45, 7) is 3.82. The predicted octanol–water partition coefficient (Wildman–Crippen LogP) is 5.62. The molecule has 1 aliphatic heterocycles. The molecule has 178 valence electrons. The lowest BCUT2D eigenvalue weighted by Gasteiger charge is -2.11. The van der Waals surface area contributed by atoms with Crippen LogP contribution in [0.2, 0.25) is 0 Å². The van der Waals surface area contributed by atoms with E-state index in [0.717, 1.165) is 10.4 Å². The number of esters is 1.